The molecular weight excluding hydrogens is 280 g/mol. The van der Waals surface area contributed by atoms with Crippen molar-refractivity contribution in [3.63, 3.8) is 0 Å². The number of rotatable bonds is 7. The summed E-state index contributed by atoms with van der Waals surface area (Å²) < 4.78 is 26.2. The first-order chi connectivity index (χ1) is 9.44. The van der Waals surface area contributed by atoms with Crippen LogP contribution in [0.1, 0.15) is 23.2 Å². The molecule has 0 amide bonds. The molecule has 0 aliphatic heterocycles. The number of sulfonamides is 1. The van der Waals surface area contributed by atoms with Gasteiger partial charge in [-0.1, -0.05) is 6.08 Å². The Kier molecular flexibility index (Phi) is 4.10. The van der Waals surface area contributed by atoms with Gasteiger partial charge in [-0.25, -0.2) is 17.9 Å². The number of benzene rings is 1. The summed E-state index contributed by atoms with van der Waals surface area (Å²) >= 11 is 0. The molecule has 0 radical (unpaired) electrons. The lowest BCUT2D eigenvalue weighted by Crippen LogP contribution is -2.24. The highest BCUT2D eigenvalue weighted by atomic mass is 32.2. The van der Waals surface area contributed by atoms with Gasteiger partial charge in [0.2, 0.25) is 10.0 Å². The predicted octanol–water partition coefficient (Wildman–Crippen LogP) is 1.42. The van der Waals surface area contributed by atoms with Gasteiger partial charge in [0, 0.05) is 18.3 Å². The molecule has 1 aliphatic rings. The number of nitrogens with one attached hydrogen (secondary N) is 2. The first-order valence-electron chi connectivity index (χ1n) is 6.18. The number of carbonyl (C=O) groups is 1. The van der Waals surface area contributed by atoms with Crippen LogP contribution in [-0.4, -0.2) is 32.1 Å². The molecule has 1 aromatic rings. The van der Waals surface area contributed by atoms with E-state index in [1.165, 1.54) is 24.3 Å². The van der Waals surface area contributed by atoms with Crippen LogP contribution in [0.3, 0.4) is 0 Å². The van der Waals surface area contributed by atoms with Gasteiger partial charge in [-0.3, -0.25) is 0 Å². The molecular formula is C13H16N2O4S. The lowest BCUT2D eigenvalue weighted by molar-refractivity contribution is 0.0697. The first kappa shape index (κ1) is 14.5. The molecule has 0 aromatic heterocycles. The molecule has 0 saturated heterocycles. The Labute approximate surface area is 117 Å². The molecule has 2 rings (SSSR count). The average molecular weight is 296 g/mol. The Morgan fingerprint density at radius 1 is 1.45 bits per heavy atom. The summed E-state index contributed by atoms with van der Waals surface area (Å²) in [5.41, 5.74) is 0.404. The van der Waals surface area contributed by atoms with E-state index >= 15 is 0 Å². The Bertz CT molecular complexity index is 636. The monoisotopic (exact) mass is 296 g/mol. The SMILES string of the molecule is C=CCNS(=O)(=O)c1ccc(NC2CC2)c(C(=O)O)c1. The van der Waals surface area contributed by atoms with Gasteiger partial charge in [0.05, 0.1) is 10.5 Å². The number of hydrogen-bond acceptors (Lipinski definition) is 4. The molecule has 1 aromatic carbocycles. The van der Waals surface area contributed by atoms with Gasteiger partial charge in [0.15, 0.2) is 0 Å². The summed E-state index contributed by atoms with van der Waals surface area (Å²) in [6, 6.07) is 4.33. The Hall–Kier alpha value is -1.86. The molecule has 6 nitrogen and oxygen atoms in total. The second kappa shape index (κ2) is 5.64. The molecule has 0 unspecified atom stereocenters. The van der Waals surface area contributed by atoms with Crippen LogP contribution >= 0.6 is 0 Å². The smallest absolute Gasteiger partial charge is 0.337 e. The van der Waals surface area contributed by atoms with Gasteiger partial charge in [-0.15, -0.1) is 6.58 Å². The molecule has 7 heteroatoms. The highest BCUT2D eigenvalue weighted by Crippen LogP contribution is 2.28. The van der Waals surface area contributed by atoms with Crippen molar-refractivity contribution in [2.45, 2.75) is 23.8 Å². The van der Waals surface area contributed by atoms with Crippen LogP contribution in [-0.2, 0) is 10.0 Å². The highest BCUT2D eigenvalue weighted by Gasteiger charge is 2.24. The average Bonchev–Trinajstić information content (AvgIpc) is 3.20. The third-order valence-electron chi connectivity index (χ3n) is 2.89. The zero-order chi connectivity index (χ0) is 14.8. The number of anilines is 1. The summed E-state index contributed by atoms with van der Waals surface area (Å²) in [4.78, 5) is 11.2. The van der Waals surface area contributed by atoms with Crippen molar-refractivity contribution in [3.05, 3.63) is 36.4 Å². The summed E-state index contributed by atoms with van der Waals surface area (Å²) in [6.07, 6.45) is 3.42. The maximum Gasteiger partial charge on any atom is 0.337 e. The van der Waals surface area contributed by atoms with E-state index in [4.69, 9.17) is 0 Å². The molecule has 0 bridgehead atoms. The normalized spacial score (nSPS) is 14.8. The number of carboxylic acids is 1. The molecule has 0 spiro atoms. The maximum atomic E-state index is 11.9. The van der Waals surface area contributed by atoms with E-state index in [0.29, 0.717) is 5.69 Å². The van der Waals surface area contributed by atoms with Gasteiger partial charge in [0.25, 0.3) is 0 Å². The van der Waals surface area contributed by atoms with Crippen LogP contribution in [0.2, 0.25) is 0 Å². The largest absolute Gasteiger partial charge is 0.478 e. The maximum absolute atomic E-state index is 11.9. The van der Waals surface area contributed by atoms with Gasteiger partial charge in [-0.2, -0.15) is 0 Å². The predicted molar refractivity (Wildman–Crippen MR) is 75.4 cm³/mol. The molecule has 1 saturated carbocycles. The van der Waals surface area contributed by atoms with Gasteiger partial charge in [-0.05, 0) is 31.0 Å². The fraction of sp³-hybridized carbons (Fsp3) is 0.308. The number of aromatic carboxylic acids is 1. The minimum Gasteiger partial charge on any atom is -0.478 e. The fourth-order valence-electron chi connectivity index (χ4n) is 1.69. The van der Waals surface area contributed by atoms with Crippen LogP contribution in [0.5, 0.6) is 0 Å². The van der Waals surface area contributed by atoms with Crippen molar-refractivity contribution in [2.75, 3.05) is 11.9 Å². The molecule has 1 fully saturated rings. The van der Waals surface area contributed by atoms with Crippen LogP contribution in [0.25, 0.3) is 0 Å². The topological polar surface area (TPSA) is 95.5 Å². The third-order valence-corrected chi connectivity index (χ3v) is 4.31. The van der Waals surface area contributed by atoms with E-state index in [-0.39, 0.29) is 23.0 Å². The van der Waals surface area contributed by atoms with E-state index in [9.17, 15) is 18.3 Å². The molecule has 0 atom stereocenters. The summed E-state index contributed by atoms with van der Waals surface area (Å²) in [7, 11) is -3.72. The molecule has 20 heavy (non-hydrogen) atoms. The minimum atomic E-state index is -3.72. The molecule has 3 N–H and O–H groups in total. The van der Waals surface area contributed by atoms with Crippen LogP contribution < -0.4 is 10.0 Å². The van der Waals surface area contributed by atoms with Crippen molar-refractivity contribution in [2.24, 2.45) is 0 Å². The van der Waals surface area contributed by atoms with Crippen LogP contribution in [0.4, 0.5) is 5.69 Å². The van der Waals surface area contributed by atoms with Gasteiger partial charge in [0.1, 0.15) is 0 Å². The van der Waals surface area contributed by atoms with E-state index < -0.39 is 16.0 Å². The summed E-state index contributed by atoms with van der Waals surface area (Å²) in [5, 5.41) is 12.3. The van der Waals surface area contributed by atoms with E-state index in [1.807, 2.05) is 0 Å². The van der Waals surface area contributed by atoms with E-state index in [1.54, 1.807) is 0 Å². The van der Waals surface area contributed by atoms with E-state index in [2.05, 4.69) is 16.6 Å². The van der Waals surface area contributed by atoms with Gasteiger partial charge < -0.3 is 10.4 Å². The zero-order valence-electron chi connectivity index (χ0n) is 10.8. The standard InChI is InChI=1S/C13H16N2O4S/c1-2-7-14-20(18,19)10-5-6-12(15-9-3-4-9)11(8-10)13(16)17/h2,5-6,8-9,14-15H,1,3-4,7H2,(H,16,17). The number of carboxylic acid groups (broad SMARTS) is 1. The number of hydrogen-bond donors (Lipinski definition) is 3. The quantitative estimate of drug-likeness (QED) is 0.661. The van der Waals surface area contributed by atoms with E-state index in [0.717, 1.165) is 12.8 Å². The lowest BCUT2D eigenvalue weighted by Gasteiger charge is -2.11. The summed E-state index contributed by atoms with van der Waals surface area (Å²) in [5.74, 6) is -1.16. The highest BCUT2D eigenvalue weighted by molar-refractivity contribution is 7.89. The Balaban J connectivity index is 2.33. The Morgan fingerprint density at radius 2 is 2.15 bits per heavy atom. The molecule has 0 heterocycles. The molecule has 1 aliphatic carbocycles. The van der Waals surface area contributed by atoms with Gasteiger partial charge >= 0.3 is 5.97 Å². The van der Waals surface area contributed by atoms with Crippen molar-refractivity contribution >= 4 is 21.7 Å². The second-order valence-electron chi connectivity index (χ2n) is 4.57. The van der Waals surface area contributed by atoms with Crippen molar-refractivity contribution < 1.29 is 18.3 Å². The van der Waals surface area contributed by atoms with Crippen molar-refractivity contribution in [1.29, 1.82) is 0 Å². The second-order valence-corrected chi connectivity index (χ2v) is 6.34. The molecule has 108 valence electrons. The minimum absolute atomic E-state index is 0.0432. The zero-order valence-corrected chi connectivity index (χ0v) is 11.6. The van der Waals surface area contributed by atoms with Crippen molar-refractivity contribution in [1.82, 2.24) is 4.72 Å². The summed E-state index contributed by atoms with van der Waals surface area (Å²) in [6.45, 7) is 3.52. The first-order valence-corrected chi connectivity index (χ1v) is 7.67. The van der Waals surface area contributed by atoms with Crippen molar-refractivity contribution in [3.8, 4) is 0 Å². The van der Waals surface area contributed by atoms with Crippen LogP contribution in [0.15, 0.2) is 35.7 Å². The van der Waals surface area contributed by atoms with Crippen LogP contribution in [0, 0.1) is 0 Å². The fourth-order valence-corrected chi connectivity index (χ4v) is 2.72. The lowest BCUT2D eigenvalue weighted by atomic mass is 10.2. The Morgan fingerprint density at radius 3 is 2.70 bits per heavy atom. The third kappa shape index (κ3) is 3.37.